The van der Waals surface area contributed by atoms with Crippen molar-refractivity contribution in [2.75, 3.05) is 5.75 Å². The lowest BCUT2D eigenvalue weighted by Crippen LogP contribution is -2.14. The maximum atomic E-state index is 12.0. The predicted octanol–water partition coefficient (Wildman–Crippen LogP) is 2.20. The van der Waals surface area contributed by atoms with E-state index in [1.165, 1.54) is 24.3 Å². The fraction of sp³-hybridized carbons (Fsp3) is 0.417. The fourth-order valence-electron chi connectivity index (χ4n) is 1.41. The molecule has 1 atom stereocenters. The molecular formula is C12H16O4S. The molecule has 1 aromatic rings. The third-order valence-corrected chi connectivity index (χ3v) is 4.62. The molecule has 0 spiro atoms. The molecule has 1 N–H and O–H groups in total. The van der Waals surface area contributed by atoms with E-state index < -0.39 is 15.8 Å². The van der Waals surface area contributed by atoms with E-state index in [4.69, 9.17) is 5.11 Å². The lowest BCUT2D eigenvalue weighted by atomic mass is 10.2. The van der Waals surface area contributed by atoms with E-state index in [2.05, 4.69) is 0 Å². The molecule has 1 aromatic carbocycles. The van der Waals surface area contributed by atoms with Gasteiger partial charge in [-0.15, -0.1) is 0 Å². The van der Waals surface area contributed by atoms with Crippen molar-refractivity contribution in [3.05, 3.63) is 29.8 Å². The summed E-state index contributed by atoms with van der Waals surface area (Å²) in [6.07, 6.45) is 0.776. The summed E-state index contributed by atoms with van der Waals surface area (Å²) in [6.45, 7) is 3.78. The Morgan fingerprint density at radius 2 is 2.06 bits per heavy atom. The van der Waals surface area contributed by atoms with Crippen LogP contribution in [0, 0.1) is 5.92 Å². The second kappa shape index (κ2) is 5.31. The van der Waals surface area contributed by atoms with Gasteiger partial charge in [-0.25, -0.2) is 13.2 Å². The van der Waals surface area contributed by atoms with Crippen LogP contribution >= 0.6 is 0 Å². The van der Waals surface area contributed by atoms with Crippen LogP contribution in [-0.4, -0.2) is 25.2 Å². The topological polar surface area (TPSA) is 71.4 Å². The molecule has 1 rings (SSSR count). The van der Waals surface area contributed by atoms with Crippen LogP contribution in [0.15, 0.2) is 29.2 Å². The first kappa shape index (κ1) is 13.7. The molecule has 0 saturated carbocycles. The van der Waals surface area contributed by atoms with Crippen LogP contribution in [-0.2, 0) is 9.84 Å². The molecule has 5 heteroatoms. The standard InChI is InChI=1S/C12H16O4S/c1-3-9(2)8-17(15,16)11-6-4-5-10(7-11)12(13)14/h4-7,9H,3,8H2,1-2H3,(H,13,14). The number of benzene rings is 1. The van der Waals surface area contributed by atoms with Crippen LogP contribution in [0.4, 0.5) is 0 Å². The third-order valence-electron chi connectivity index (χ3n) is 2.64. The number of aromatic carboxylic acids is 1. The van der Waals surface area contributed by atoms with Crippen LogP contribution in [0.1, 0.15) is 30.6 Å². The number of hydrogen-bond donors (Lipinski definition) is 1. The molecule has 0 heterocycles. The van der Waals surface area contributed by atoms with Gasteiger partial charge >= 0.3 is 5.97 Å². The molecule has 0 fully saturated rings. The molecule has 0 radical (unpaired) electrons. The Morgan fingerprint density at radius 3 is 2.59 bits per heavy atom. The monoisotopic (exact) mass is 256 g/mol. The number of sulfone groups is 1. The molecule has 17 heavy (non-hydrogen) atoms. The maximum Gasteiger partial charge on any atom is 0.335 e. The van der Waals surface area contributed by atoms with E-state index in [1.807, 2.05) is 13.8 Å². The quantitative estimate of drug-likeness (QED) is 0.876. The molecule has 4 nitrogen and oxygen atoms in total. The Kier molecular flexibility index (Phi) is 4.28. The minimum absolute atomic E-state index is 0.00442. The van der Waals surface area contributed by atoms with E-state index in [0.717, 1.165) is 6.42 Å². The van der Waals surface area contributed by atoms with Crippen LogP contribution in [0.25, 0.3) is 0 Å². The van der Waals surface area contributed by atoms with Crippen molar-refractivity contribution < 1.29 is 18.3 Å². The normalized spacial score (nSPS) is 13.3. The van der Waals surface area contributed by atoms with Gasteiger partial charge in [0.15, 0.2) is 9.84 Å². The molecular weight excluding hydrogens is 240 g/mol. The zero-order valence-electron chi connectivity index (χ0n) is 9.88. The lowest BCUT2D eigenvalue weighted by molar-refractivity contribution is 0.0696. The molecule has 1 unspecified atom stereocenters. The molecule has 94 valence electrons. The van der Waals surface area contributed by atoms with E-state index in [9.17, 15) is 13.2 Å². The van der Waals surface area contributed by atoms with E-state index in [0.29, 0.717) is 0 Å². The summed E-state index contributed by atoms with van der Waals surface area (Å²) >= 11 is 0. The smallest absolute Gasteiger partial charge is 0.335 e. The van der Waals surface area contributed by atoms with Gasteiger partial charge in [-0.2, -0.15) is 0 Å². The van der Waals surface area contributed by atoms with Crippen LogP contribution in [0.5, 0.6) is 0 Å². The highest BCUT2D eigenvalue weighted by Gasteiger charge is 2.18. The molecule has 0 bridgehead atoms. The SMILES string of the molecule is CCC(C)CS(=O)(=O)c1cccc(C(=O)O)c1. The van der Waals surface area contributed by atoms with Gasteiger partial charge in [-0.1, -0.05) is 26.3 Å². The highest BCUT2D eigenvalue weighted by molar-refractivity contribution is 7.91. The third kappa shape index (κ3) is 3.56. The number of rotatable bonds is 5. The minimum atomic E-state index is -3.39. The molecule has 0 aliphatic rings. The summed E-state index contributed by atoms with van der Waals surface area (Å²) < 4.78 is 24.0. The molecule has 0 amide bonds. The van der Waals surface area contributed by atoms with E-state index in [1.54, 1.807) is 0 Å². The number of carboxylic acids is 1. The van der Waals surface area contributed by atoms with Gasteiger partial charge in [-0.05, 0) is 24.1 Å². The largest absolute Gasteiger partial charge is 0.478 e. The van der Waals surface area contributed by atoms with Crippen molar-refractivity contribution in [2.45, 2.75) is 25.2 Å². The highest BCUT2D eigenvalue weighted by atomic mass is 32.2. The summed E-state index contributed by atoms with van der Waals surface area (Å²) in [5, 5.41) is 8.81. The van der Waals surface area contributed by atoms with Crippen molar-refractivity contribution in [1.29, 1.82) is 0 Å². The summed E-state index contributed by atoms with van der Waals surface area (Å²) in [6, 6.07) is 5.47. The lowest BCUT2D eigenvalue weighted by Gasteiger charge is -2.09. The second-order valence-electron chi connectivity index (χ2n) is 4.13. The second-order valence-corrected chi connectivity index (χ2v) is 6.16. The first-order valence-corrected chi connectivity index (χ1v) is 7.08. The van der Waals surface area contributed by atoms with Gasteiger partial charge in [0.25, 0.3) is 0 Å². The van der Waals surface area contributed by atoms with Gasteiger partial charge in [-0.3, -0.25) is 0 Å². The Hall–Kier alpha value is -1.36. The summed E-state index contributed by atoms with van der Waals surface area (Å²) in [5.74, 6) is -1.01. The van der Waals surface area contributed by atoms with Gasteiger partial charge in [0, 0.05) is 0 Å². The Bertz CT molecular complexity index is 505. The van der Waals surface area contributed by atoms with Crippen molar-refractivity contribution in [1.82, 2.24) is 0 Å². The first-order valence-electron chi connectivity index (χ1n) is 5.43. The number of hydrogen-bond acceptors (Lipinski definition) is 3. The van der Waals surface area contributed by atoms with Crippen LogP contribution in [0.3, 0.4) is 0 Å². The molecule has 0 aliphatic carbocycles. The van der Waals surface area contributed by atoms with Crippen LogP contribution in [0.2, 0.25) is 0 Å². The van der Waals surface area contributed by atoms with E-state index >= 15 is 0 Å². The number of carbonyl (C=O) groups is 1. The highest BCUT2D eigenvalue weighted by Crippen LogP contribution is 2.17. The van der Waals surface area contributed by atoms with Crippen LogP contribution < -0.4 is 0 Å². The van der Waals surface area contributed by atoms with E-state index in [-0.39, 0.29) is 22.1 Å². The molecule has 0 saturated heterocycles. The average molecular weight is 256 g/mol. The summed E-state index contributed by atoms with van der Waals surface area (Å²) in [7, 11) is -3.39. The summed E-state index contributed by atoms with van der Waals surface area (Å²) in [5.41, 5.74) is -0.00442. The van der Waals surface area contributed by atoms with Gasteiger partial charge in [0.2, 0.25) is 0 Å². The molecule has 0 aromatic heterocycles. The average Bonchev–Trinajstić information content (AvgIpc) is 2.28. The van der Waals surface area contributed by atoms with Gasteiger partial charge < -0.3 is 5.11 Å². The molecule has 0 aliphatic heterocycles. The van der Waals surface area contributed by atoms with Crippen molar-refractivity contribution in [2.24, 2.45) is 5.92 Å². The Balaban J connectivity index is 3.07. The fourth-order valence-corrected chi connectivity index (χ4v) is 3.18. The van der Waals surface area contributed by atoms with Gasteiger partial charge in [0.1, 0.15) is 0 Å². The summed E-state index contributed by atoms with van der Waals surface area (Å²) in [4.78, 5) is 10.8. The van der Waals surface area contributed by atoms with Gasteiger partial charge in [0.05, 0.1) is 16.2 Å². The minimum Gasteiger partial charge on any atom is -0.478 e. The van der Waals surface area contributed by atoms with Crippen molar-refractivity contribution in [3.8, 4) is 0 Å². The van der Waals surface area contributed by atoms with Crippen molar-refractivity contribution in [3.63, 3.8) is 0 Å². The first-order chi connectivity index (χ1) is 7.86. The number of carboxylic acid groups (broad SMARTS) is 1. The zero-order chi connectivity index (χ0) is 13.1. The Morgan fingerprint density at radius 1 is 1.41 bits per heavy atom. The van der Waals surface area contributed by atoms with Crippen molar-refractivity contribution >= 4 is 15.8 Å². The predicted molar refractivity (Wildman–Crippen MR) is 64.9 cm³/mol. The zero-order valence-corrected chi connectivity index (χ0v) is 10.7. The Labute approximate surface area is 101 Å². The maximum absolute atomic E-state index is 12.0.